The summed E-state index contributed by atoms with van der Waals surface area (Å²) >= 11 is 0. The molecule has 0 radical (unpaired) electrons. The van der Waals surface area contributed by atoms with E-state index < -0.39 is 37.4 Å². The molecular weight excluding hydrogens is 542 g/mol. The molecule has 1 atom stereocenters. The zero-order valence-electron chi connectivity index (χ0n) is 24.0. The van der Waals surface area contributed by atoms with Crippen molar-refractivity contribution >= 4 is 41.7 Å². The number of aromatic nitrogens is 2. The number of nitrogens with two attached hydrogens (primary N) is 1. The van der Waals surface area contributed by atoms with Gasteiger partial charge in [0.2, 0.25) is 5.50 Å². The van der Waals surface area contributed by atoms with Crippen LogP contribution in [0.1, 0.15) is 54.0 Å². The Morgan fingerprint density at radius 2 is 1.88 bits per heavy atom. The number of nitrogens with one attached hydrogen (secondary N) is 1. The third-order valence-electron chi connectivity index (χ3n) is 6.00. The molecular formula is C27H38FN4O7P. The molecule has 2 aromatic heterocycles. The number of furan rings is 1. The molecule has 11 nitrogen and oxygen atoms in total. The van der Waals surface area contributed by atoms with Gasteiger partial charge in [-0.2, -0.15) is 0 Å². The second kappa shape index (κ2) is 12.5. The lowest BCUT2D eigenvalue weighted by Crippen LogP contribution is -2.47. The Kier molecular flexibility index (Phi) is 9.81. The van der Waals surface area contributed by atoms with Crippen LogP contribution in [0.4, 0.5) is 10.1 Å². The number of nitrogens with zero attached hydrogens (tertiary/aromatic N) is 2. The number of halogens is 1. The van der Waals surface area contributed by atoms with Crippen LogP contribution in [-0.4, -0.2) is 46.8 Å². The normalized spacial score (nSPS) is 13.5. The van der Waals surface area contributed by atoms with Gasteiger partial charge in [-0.15, -0.1) is 0 Å². The van der Waals surface area contributed by atoms with E-state index in [0.717, 1.165) is 5.56 Å². The van der Waals surface area contributed by atoms with Crippen LogP contribution in [0.3, 0.4) is 0 Å². The Balaban J connectivity index is 2.15. The molecule has 0 aliphatic rings. The van der Waals surface area contributed by atoms with E-state index in [4.69, 9.17) is 24.1 Å². The molecule has 220 valence electrons. The monoisotopic (exact) mass is 580 g/mol. The van der Waals surface area contributed by atoms with Crippen molar-refractivity contribution in [2.24, 2.45) is 5.92 Å². The summed E-state index contributed by atoms with van der Waals surface area (Å²) in [6.07, 6.45) is 0.546. The van der Waals surface area contributed by atoms with E-state index in [1.165, 1.54) is 26.0 Å². The lowest BCUT2D eigenvalue weighted by Gasteiger charge is -2.28. The topological polar surface area (TPSA) is 148 Å². The van der Waals surface area contributed by atoms with Crippen molar-refractivity contribution in [2.45, 2.75) is 67.0 Å². The maximum Gasteiger partial charge on any atom is 0.335 e. The van der Waals surface area contributed by atoms with Crippen LogP contribution in [-0.2, 0) is 41.1 Å². The molecule has 0 saturated carbocycles. The number of nitrogen functional groups attached to an aromatic ring is 1. The molecule has 2 heterocycles. The number of carbonyl (C=O) groups is 2. The number of fused-ring (bicyclic) bond motifs is 1. The van der Waals surface area contributed by atoms with Crippen LogP contribution in [0.25, 0.3) is 22.6 Å². The Bertz CT molecular complexity index is 1430. The van der Waals surface area contributed by atoms with E-state index in [-0.39, 0.29) is 36.1 Å². The summed E-state index contributed by atoms with van der Waals surface area (Å²) in [6, 6.07) is 4.37. The van der Waals surface area contributed by atoms with Gasteiger partial charge in [0, 0.05) is 6.54 Å². The predicted molar refractivity (Wildman–Crippen MR) is 150 cm³/mol. The first-order valence-electron chi connectivity index (χ1n) is 13.2. The number of anilines is 1. The molecule has 3 rings (SSSR count). The van der Waals surface area contributed by atoms with Crippen molar-refractivity contribution < 1.29 is 37.0 Å². The van der Waals surface area contributed by atoms with Crippen LogP contribution in [0.15, 0.2) is 22.6 Å². The van der Waals surface area contributed by atoms with Gasteiger partial charge in [-0.25, -0.2) is 19.3 Å². The van der Waals surface area contributed by atoms with Crippen LogP contribution in [0, 0.1) is 11.7 Å². The highest BCUT2D eigenvalue weighted by Gasteiger charge is 2.42. The molecule has 3 aromatic rings. The van der Waals surface area contributed by atoms with E-state index in [9.17, 15) is 18.5 Å². The van der Waals surface area contributed by atoms with Gasteiger partial charge in [-0.05, 0) is 63.8 Å². The Morgan fingerprint density at radius 1 is 1.20 bits per heavy atom. The van der Waals surface area contributed by atoms with Gasteiger partial charge < -0.3 is 28.7 Å². The first-order chi connectivity index (χ1) is 18.8. The third kappa shape index (κ3) is 6.56. The molecule has 0 amide bonds. The van der Waals surface area contributed by atoms with Gasteiger partial charge in [-0.3, -0.25) is 9.36 Å². The number of hydrogen-bond donors (Lipinski definition) is 2. The number of hydrogen-bond acceptors (Lipinski definition) is 9. The van der Waals surface area contributed by atoms with E-state index in [2.05, 4.69) is 10.1 Å². The fraction of sp³-hybridized carbons (Fsp3) is 0.519. The molecule has 0 fully saturated rings. The van der Waals surface area contributed by atoms with Crippen LogP contribution >= 0.6 is 7.52 Å². The number of ether oxygens (including phenoxy) is 2. The summed E-state index contributed by atoms with van der Waals surface area (Å²) in [6.45, 7) is 12.3. The Morgan fingerprint density at radius 3 is 2.48 bits per heavy atom. The fourth-order valence-corrected chi connectivity index (χ4v) is 6.11. The molecule has 0 bridgehead atoms. The van der Waals surface area contributed by atoms with Crippen molar-refractivity contribution in [3.05, 3.63) is 29.6 Å². The molecule has 1 aromatic carbocycles. The molecule has 1 unspecified atom stereocenters. The molecule has 0 aliphatic heterocycles. The number of imidazole rings is 1. The summed E-state index contributed by atoms with van der Waals surface area (Å²) in [5.41, 5.74) is 6.08. The highest BCUT2D eigenvalue weighted by Crippen LogP contribution is 2.45. The molecule has 13 heteroatoms. The van der Waals surface area contributed by atoms with E-state index in [1.54, 1.807) is 19.9 Å². The van der Waals surface area contributed by atoms with Crippen molar-refractivity contribution in [1.29, 1.82) is 0 Å². The maximum absolute atomic E-state index is 14.6. The summed E-state index contributed by atoms with van der Waals surface area (Å²) in [5.74, 6) is -1.23. The summed E-state index contributed by atoms with van der Waals surface area (Å²) in [5, 5.41) is 2.70. The smallest absolute Gasteiger partial charge is 0.335 e. The maximum atomic E-state index is 14.6. The second-order valence-electron chi connectivity index (χ2n) is 10.1. The van der Waals surface area contributed by atoms with Crippen LogP contribution in [0.5, 0.6) is 0 Å². The van der Waals surface area contributed by atoms with Crippen molar-refractivity contribution in [3.8, 4) is 11.6 Å². The molecule has 0 spiro atoms. The van der Waals surface area contributed by atoms with Crippen molar-refractivity contribution in [1.82, 2.24) is 14.6 Å². The predicted octanol–water partition coefficient (Wildman–Crippen LogP) is 4.57. The minimum atomic E-state index is -4.20. The zero-order valence-corrected chi connectivity index (χ0v) is 24.9. The summed E-state index contributed by atoms with van der Waals surface area (Å²) < 4.78 is 52.3. The number of aryl methyl sites for hydroxylation is 1. The minimum absolute atomic E-state index is 0.0796. The molecule has 0 saturated heterocycles. The van der Waals surface area contributed by atoms with Crippen molar-refractivity contribution in [2.75, 3.05) is 25.6 Å². The first kappa shape index (κ1) is 31.3. The Labute approximate surface area is 233 Å². The number of esters is 2. The molecule has 3 N–H and O–H groups in total. The largest absolute Gasteiger partial charge is 0.465 e. The quantitative estimate of drug-likeness (QED) is 0.167. The molecule has 40 heavy (non-hydrogen) atoms. The standard InChI is InChI=1S/C27H38FN4O7P/c1-8-17-13-18(28)22(29)23-24(17)32(14-16(4)5)25(30-23)19-11-12-21(39-19)40(35,38-15-20(33)36-9-2)31-27(6,7)26(34)37-10-3/h11-13,16H,8-10,14-15,29H2,1-7H3,(H,31,35). The van der Waals surface area contributed by atoms with Crippen molar-refractivity contribution in [3.63, 3.8) is 0 Å². The SMILES string of the molecule is CCOC(=O)COP(=O)(NC(C)(C)C(=O)OCC)c1ccc(-c2nc3c(N)c(F)cc(CC)c3n2CC(C)C)o1. The number of rotatable bonds is 13. The highest BCUT2D eigenvalue weighted by molar-refractivity contribution is 7.64. The Hall–Kier alpha value is -3.21. The van der Waals surface area contributed by atoms with Gasteiger partial charge >= 0.3 is 19.5 Å². The van der Waals surface area contributed by atoms with Gasteiger partial charge in [-0.1, -0.05) is 20.8 Å². The average Bonchev–Trinajstić information content (AvgIpc) is 3.51. The second-order valence-corrected chi connectivity index (χ2v) is 12.2. The van der Waals surface area contributed by atoms with E-state index in [1.807, 2.05) is 25.3 Å². The average molecular weight is 581 g/mol. The minimum Gasteiger partial charge on any atom is -0.465 e. The lowest BCUT2D eigenvalue weighted by molar-refractivity contribution is -0.149. The summed E-state index contributed by atoms with van der Waals surface area (Å²) in [4.78, 5) is 29.2. The van der Waals surface area contributed by atoms with E-state index >= 15 is 0 Å². The van der Waals surface area contributed by atoms with Crippen LogP contribution in [0.2, 0.25) is 0 Å². The first-order valence-corrected chi connectivity index (χ1v) is 14.8. The van der Waals surface area contributed by atoms with Gasteiger partial charge in [0.25, 0.3) is 0 Å². The number of benzene rings is 1. The zero-order chi connectivity index (χ0) is 29.8. The third-order valence-corrected chi connectivity index (χ3v) is 8.16. The van der Waals surface area contributed by atoms with Crippen LogP contribution < -0.4 is 16.3 Å². The molecule has 0 aliphatic carbocycles. The summed E-state index contributed by atoms with van der Waals surface area (Å²) in [7, 11) is -4.20. The van der Waals surface area contributed by atoms with Gasteiger partial charge in [0.05, 0.1) is 24.4 Å². The van der Waals surface area contributed by atoms with E-state index in [0.29, 0.717) is 29.8 Å². The lowest BCUT2D eigenvalue weighted by atomic mass is 10.1. The van der Waals surface area contributed by atoms with Gasteiger partial charge in [0.15, 0.2) is 18.2 Å². The number of carbonyl (C=O) groups excluding carboxylic acids is 2. The fourth-order valence-electron chi connectivity index (χ4n) is 4.21. The van der Waals surface area contributed by atoms with Gasteiger partial charge in [0.1, 0.15) is 16.9 Å². The highest BCUT2D eigenvalue weighted by atomic mass is 31.2.